The zero-order chi connectivity index (χ0) is 28.5. The molecule has 3 amide bonds. The van der Waals surface area contributed by atoms with Gasteiger partial charge in [-0.2, -0.15) is 12.6 Å². The quantitative estimate of drug-likeness (QED) is 0.0358. The van der Waals surface area contributed by atoms with E-state index >= 15 is 0 Å². The molecule has 0 saturated carbocycles. The molecule has 0 spiro atoms. The number of thiol groups is 1. The molecule has 15 nitrogen and oxygen atoms in total. The summed E-state index contributed by atoms with van der Waals surface area (Å²) in [5, 5.41) is 17.2. The Labute approximate surface area is 222 Å². The van der Waals surface area contributed by atoms with Crippen LogP contribution in [0.15, 0.2) is 9.98 Å². The van der Waals surface area contributed by atoms with Gasteiger partial charge in [0.15, 0.2) is 11.9 Å². The first-order chi connectivity index (χ1) is 17.3. The van der Waals surface area contributed by atoms with E-state index < -0.39 is 47.9 Å². The molecular weight excluding hydrogens is 504 g/mol. The zero-order valence-corrected chi connectivity index (χ0v) is 22.2. The molecule has 0 aromatic carbocycles. The van der Waals surface area contributed by atoms with E-state index in [9.17, 15) is 24.3 Å². The van der Waals surface area contributed by atoms with Crippen molar-refractivity contribution < 1.29 is 24.3 Å². The number of carboxylic acids is 1. The Bertz CT molecular complexity index is 818. The van der Waals surface area contributed by atoms with Gasteiger partial charge in [0.25, 0.3) is 0 Å². The molecule has 0 aliphatic rings. The van der Waals surface area contributed by atoms with Gasteiger partial charge in [-0.15, -0.1) is 0 Å². The molecule has 0 aliphatic carbocycles. The molecular formula is C21H42N10O5S. The van der Waals surface area contributed by atoms with Crippen LogP contribution in [0.25, 0.3) is 0 Å². The fraction of sp³-hybridized carbons (Fsp3) is 0.714. The smallest absolute Gasteiger partial charge is 0.326 e. The number of nitrogens with two attached hydrogens (primary N) is 5. The topological polar surface area (TPSA) is 279 Å². The van der Waals surface area contributed by atoms with Gasteiger partial charge in [0, 0.05) is 18.8 Å². The molecule has 0 saturated heterocycles. The van der Waals surface area contributed by atoms with Gasteiger partial charge in [-0.1, -0.05) is 20.3 Å². The fourth-order valence-corrected chi connectivity index (χ4v) is 3.28. The largest absolute Gasteiger partial charge is 0.480 e. The Hall–Kier alpha value is -3.27. The maximum atomic E-state index is 13.1. The number of nitrogens with zero attached hydrogens (tertiary/aromatic N) is 2. The number of aliphatic imine (C=N–C) groups is 2. The van der Waals surface area contributed by atoms with Crippen LogP contribution < -0.4 is 44.6 Å². The second-order valence-corrected chi connectivity index (χ2v) is 8.88. The van der Waals surface area contributed by atoms with Gasteiger partial charge < -0.3 is 49.7 Å². The van der Waals surface area contributed by atoms with Crippen molar-refractivity contribution in [1.29, 1.82) is 0 Å². The number of nitrogens with one attached hydrogen (secondary N) is 3. The summed E-state index contributed by atoms with van der Waals surface area (Å²) < 4.78 is 0. The third-order valence-corrected chi connectivity index (χ3v) is 5.86. The molecule has 0 aliphatic heterocycles. The summed E-state index contributed by atoms with van der Waals surface area (Å²) in [6.45, 7) is 3.88. The number of hydrogen-bond acceptors (Lipinski definition) is 8. The SMILES string of the molecule is CCC(C)C(NC(=O)C(CCCN=C(N)N)NC(=O)C(CCCN=C(N)N)NC(=O)C(N)CS)C(=O)O. The monoisotopic (exact) mass is 546 g/mol. The van der Waals surface area contributed by atoms with E-state index in [0.717, 1.165) is 0 Å². The van der Waals surface area contributed by atoms with Crippen LogP contribution in [-0.4, -0.2) is 83.7 Å². The molecule has 0 heterocycles. The highest BCUT2D eigenvalue weighted by atomic mass is 32.1. The molecule has 0 rings (SSSR count). The number of guanidine groups is 2. The summed E-state index contributed by atoms with van der Waals surface area (Å²) in [6, 6.07) is -4.30. The van der Waals surface area contributed by atoms with Gasteiger partial charge in [-0.3, -0.25) is 24.4 Å². The Balaban J connectivity index is 5.72. The molecule has 212 valence electrons. The second-order valence-electron chi connectivity index (χ2n) is 8.52. The van der Waals surface area contributed by atoms with Crippen molar-refractivity contribution in [3.63, 3.8) is 0 Å². The zero-order valence-electron chi connectivity index (χ0n) is 21.4. The van der Waals surface area contributed by atoms with Crippen LogP contribution in [-0.2, 0) is 19.2 Å². The first kappa shape index (κ1) is 33.7. The fourth-order valence-electron chi connectivity index (χ4n) is 3.12. The van der Waals surface area contributed by atoms with E-state index in [2.05, 4.69) is 38.6 Å². The van der Waals surface area contributed by atoms with Crippen LogP contribution in [0.2, 0.25) is 0 Å². The third-order valence-electron chi connectivity index (χ3n) is 5.47. The summed E-state index contributed by atoms with van der Waals surface area (Å²) in [5.41, 5.74) is 27.0. The van der Waals surface area contributed by atoms with Gasteiger partial charge >= 0.3 is 5.97 Å². The van der Waals surface area contributed by atoms with Crippen molar-refractivity contribution in [3.05, 3.63) is 0 Å². The number of amides is 3. The maximum Gasteiger partial charge on any atom is 0.326 e. The predicted octanol–water partition coefficient (Wildman–Crippen LogP) is -3.06. The Kier molecular flexibility index (Phi) is 16.5. The molecule has 5 unspecified atom stereocenters. The number of rotatable bonds is 18. The number of carboxylic acid groups (broad SMARTS) is 1. The molecule has 0 fully saturated rings. The first-order valence-electron chi connectivity index (χ1n) is 11.9. The predicted molar refractivity (Wildman–Crippen MR) is 145 cm³/mol. The van der Waals surface area contributed by atoms with Crippen LogP contribution >= 0.6 is 12.6 Å². The average molecular weight is 547 g/mol. The van der Waals surface area contributed by atoms with Crippen molar-refractivity contribution in [1.82, 2.24) is 16.0 Å². The summed E-state index contributed by atoms with van der Waals surface area (Å²) >= 11 is 3.99. The Morgan fingerprint density at radius 1 is 0.838 bits per heavy atom. The molecule has 0 aromatic heterocycles. The van der Waals surface area contributed by atoms with Crippen molar-refractivity contribution in [2.45, 2.75) is 70.1 Å². The summed E-state index contributed by atoms with van der Waals surface area (Å²) in [4.78, 5) is 57.9. The van der Waals surface area contributed by atoms with Crippen molar-refractivity contribution in [2.75, 3.05) is 18.8 Å². The molecule has 0 aromatic rings. The number of carbonyl (C=O) groups excluding carboxylic acids is 3. The Morgan fingerprint density at radius 2 is 1.27 bits per heavy atom. The molecule has 14 N–H and O–H groups in total. The van der Waals surface area contributed by atoms with E-state index in [1.807, 2.05) is 0 Å². The minimum atomic E-state index is -1.20. The number of hydrogen-bond donors (Lipinski definition) is 10. The van der Waals surface area contributed by atoms with Crippen molar-refractivity contribution in [2.24, 2.45) is 44.6 Å². The molecule has 0 radical (unpaired) electrons. The normalized spacial score (nSPS) is 14.7. The average Bonchev–Trinajstić information content (AvgIpc) is 2.83. The van der Waals surface area contributed by atoms with E-state index in [0.29, 0.717) is 19.3 Å². The maximum absolute atomic E-state index is 13.1. The van der Waals surface area contributed by atoms with Gasteiger partial charge in [0.1, 0.15) is 18.1 Å². The molecule has 5 atom stereocenters. The van der Waals surface area contributed by atoms with E-state index in [4.69, 9.17) is 28.7 Å². The minimum Gasteiger partial charge on any atom is -0.480 e. The van der Waals surface area contributed by atoms with Gasteiger partial charge in [0.2, 0.25) is 17.7 Å². The summed E-state index contributed by atoms with van der Waals surface area (Å²) in [5.74, 6) is -3.70. The second kappa shape index (κ2) is 18.0. The third kappa shape index (κ3) is 14.2. The lowest BCUT2D eigenvalue weighted by Gasteiger charge is -2.26. The number of carbonyl (C=O) groups is 4. The lowest BCUT2D eigenvalue weighted by Crippen LogP contribution is -2.57. The van der Waals surface area contributed by atoms with Crippen molar-refractivity contribution in [3.8, 4) is 0 Å². The van der Waals surface area contributed by atoms with Crippen molar-refractivity contribution >= 4 is 48.2 Å². The standard InChI is InChI=1S/C21H42N10O5S/c1-3-11(2)15(19(35)36)31-18(34)14(7-5-9-28-21(25)26)30-17(33)13(6-4-8-27-20(23)24)29-16(32)12(22)10-37/h11-15,37H,3-10,22H2,1-2H3,(H,29,32)(H,30,33)(H,31,34)(H,35,36)(H4,23,24,27)(H4,25,26,28). The molecule has 0 bridgehead atoms. The highest BCUT2D eigenvalue weighted by molar-refractivity contribution is 7.80. The minimum absolute atomic E-state index is 0.0518. The van der Waals surface area contributed by atoms with E-state index in [-0.39, 0.29) is 49.5 Å². The Morgan fingerprint density at radius 3 is 1.65 bits per heavy atom. The van der Waals surface area contributed by atoms with Gasteiger partial charge in [-0.25, -0.2) is 4.79 Å². The highest BCUT2D eigenvalue weighted by Gasteiger charge is 2.31. The van der Waals surface area contributed by atoms with Crippen LogP contribution in [0, 0.1) is 5.92 Å². The summed E-state index contributed by atoms with van der Waals surface area (Å²) in [7, 11) is 0. The van der Waals surface area contributed by atoms with Crippen LogP contribution in [0.4, 0.5) is 0 Å². The lowest BCUT2D eigenvalue weighted by atomic mass is 9.98. The van der Waals surface area contributed by atoms with Crippen LogP contribution in [0.5, 0.6) is 0 Å². The lowest BCUT2D eigenvalue weighted by molar-refractivity contribution is -0.144. The summed E-state index contributed by atoms with van der Waals surface area (Å²) in [6.07, 6.45) is 1.40. The van der Waals surface area contributed by atoms with E-state index in [1.165, 1.54) is 0 Å². The number of aliphatic carboxylic acids is 1. The first-order valence-corrected chi connectivity index (χ1v) is 12.6. The molecule has 16 heteroatoms. The highest BCUT2D eigenvalue weighted by Crippen LogP contribution is 2.10. The van der Waals surface area contributed by atoms with Gasteiger partial charge in [0.05, 0.1) is 6.04 Å². The van der Waals surface area contributed by atoms with E-state index in [1.54, 1.807) is 13.8 Å². The van der Waals surface area contributed by atoms with Gasteiger partial charge in [-0.05, 0) is 31.6 Å². The van der Waals surface area contributed by atoms with Crippen LogP contribution in [0.1, 0.15) is 46.0 Å². The molecule has 37 heavy (non-hydrogen) atoms. The van der Waals surface area contributed by atoms with Crippen LogP contribution in [0.3, 0.4) is 0 Å².